The van der Waals surface area contributed by atoms with E-state index in [9.17, 15) is 8.42 Å². The highest BCUT2D eigenvalue weighted by molar-refractivity contribution is 9.09. The average Bonchev–Trinajstić information content (AvgIpc) is 2.75. The molecule has 0 amide bonds. The highest BCUT2D eigenvalue weighted by Gasteiger charge is 2.51. The van der Waals surface area contributed by atoms with E-state index in [1.165, 1.54) is 5.57 Å². The third-order valence-electron chi connectivity index (χ3n) is 4.61. The minimum atomic E-state index is -3.42. The largest absolute Gasteiger partial charge is 0.243 e. The van der Waals surface area contributed by atoms with Crippen molar-refractivity contribution in [3.8, 4) is 0 Å². The first-order chi connectivity index (χ1) is 9.34. The van der Waals surface area contributed by atoms with Crippen LogP contribution < -0.4 is 0 Å². The summed E-state index contributed by atoms with van der Waals surface area (Å²) in [5, 5.41) is 0. The molecular weight excluding hydrogens is 338 g/mol. The van der Waals surface area contributed by atoms with Crippen LogP contribution in [0.2, 0.25) is 0 Å². The molecule has 2 aliphatic rings. The molecule has 1 heterocycles. The molecule has 0 N–H and O–H groups in total. The second-order valence-electron chi connectivity index (χ2n) is 5.99. The Morgan fingerprint density at radius 3 is 2.60 bits per heavy atom. The zero-order chi connectivity index (χ0) is 14.5. The lowest BCUT2D eigenvalue weighted by Gasteiger charge is -2.30. The summed E-state index contributed by atoms with van der Waals surface area (Å²) >= 11 is 3.63. The van der Waals surface area contributed by atoms with E-state index in [0.717, 1.165) is 6.42 Å². The molecule has 3 atom stereocenters. The Bertz CT molecular complexity index is 656. The number of halogens is 1. The molecule has 5 heteroatoms. The molecule has 0 saturated carbocycles. The third kappa shape index (κ3) is 2.07. The Hall–Kier alpha value is -0.650. The highest BCUT2D eigenvalue weighted by atomic mass is 79.9. The van der Waals surface area contributed by atoms with Crippen molar-refractivity contribution in [2.75, 3.05) is 6.54 Å². The highest BCUT2D eigenvalue weighted by Crippen LogP contribution is 2.49. The summed E-state index contributed by atoms with van der Waals surface area (Å²) in [5.74, 6) is 0. The fourth-order valence-corrected chi connectivity index (χ4v) is 6.00. The summed E-state index contributed by atoms with van der Waals surface area (Å²) in [7, 11) is -3.42. The Morgan fingerprint density at radius 1 is 1.30 bits per heavy atom. The van der Waals surface area contributed by atoms with Gasteiger partial charge in [-0.3, -0.25) is 0 Å². The number of sulfonamides is 1. The van der Waals surface area contributed by atoms with E-state index in [1.54, 1.807) is 28.6 Å². The van der Waals surface area contributed by atoms with Gasteiger partial charge in [-0.15, -0.1) is 0 Å². The molecule has 2 bridgehead atoms. The predicted molar refractivity (Wildman–Crippen MR) is 83.3 cm³/mol. The molecule has 3 rings (SSSR count). The molecule has 20 heavy (non-hydrogen) atoms. The lowest BCUT2D eigenvalue weighted by Crippen LogP contribution is -2.39. The van der Waals surface area contributed by atoms with E-state index in [4.69, 9.17) is 0 Å². The first-order valence-corrected chi connectivity index (χ1v) is 9.10. The fourth-order valence-electron chi connectivity index (χ4n) is 3.19. The van der Waals surface area contributed by atoms with Crippen molar-refractivity contribution in [3.63, 3.8) is 0 Å². The number of alkyl halides is 1. The van der Waals surface area contributed by atoms with Crippen LogP contribution in [-0.2, 0) is 10.0 Å². The topological polar surface area (TPSA) is 37.4 Å². The molecule has 1 aliphatic heterocycles. The Balaban J connectivity index is 2.02. The molecule has 1 aromatic rings. The molecule has 1 aliphatic carbocycles. The zero-order valence-corrected chi connectivity index (χ0v) is 14.0. The van der Waals surface area contributed by atoms with Crippen molar-refractivity contribution in [3.05, 3.63) is 42.0 Å². The normalized spacial score (nSPS) is 34.0. The van der Waals surface area contributed by atoms with Gasteiger partial charge in [0.15, 0.2) is 0 Å². The molecule has 2 unspecified atom stereocenters. The molecule has 1 saturated heterocycles. The summed E-state index contributed by atoms with van der Waals surface area (Å²) in [4.78, 5) is 0.477. The van der Waals surface area contributed by atoms with Crippen molar-refractivity contribution < 1.29 is 8.42 Å². The SMILES string of the molecule is CC1=C[C@@H](Br)C2CC1(C)CN2S(=O)(=O)c1ccccc1. The van der Waals surface area contributed by atoms with Crippen molar-refractivity contribution in [2.45, 2.75) is 36.0 Å². The first kappa shape index (κ1) is 14.3. The van der Waals surface area contributed by atoms with Gasteiger partial charge in [-0.25, -0.2) is 8.42 Å². The van der Waals surface area contributed by atoms with Crippen molar-refractivity contribution >= 4 is 26.0 Å². The quantitative estimate of drug-likeness (QED) is 0.603. The van der Waals surface area contributed by atoms with E-state index in [0.29, 0.717) is 11.4 Å². The maximum Gasteiger partial charge on any atom is 0.243 e. The van der Waals surface area contributed by atoms with E-state index in [1.807, 2.05) is 6.07 Å². The smallest absolute Gasteiger partial charge is 0.207 e. The van der Waals surface area contributed by atoms with Crippen molar-refractivity contribution in [1.29, 1.82) is 0 Å². The lowest BCUT2D eigenvalue weighted by atomic mass is 9.76. The zero-order valence-electron chi connectivity index (χ0n) is 11.6. The van der Waals surface area contributed by atoms with Crippen LogP contribution in [0.1, 0.15) is 20.3 Å². The number of rotatable bonds is 2. The van der Waals surface area contributed by atoms with Gasteiger partial charge in [0.1, 0.15) is 0 Å². The number of fused-ring (bicyclic) bond motifs is 2. The van der Waals surface area contributed by atoms with Gasteiger partial charge in [0.2, 0.25) is 10.0 Å². The van der Waals surface area contributed by atoms with Crippen LogP contribution in [-0.4, -0.2) is 30.1 Å². The summed E-state index contributed by atoms with van der Waals surface area (Å²) in [6.45, 7) is 4.83. The van der Waals surface area contributed by atoms with Gasteiger partial charge in [0.25, 0.3) is 0 Å². The number of hydrogen-bond donors (Lipinski definition) is 0. The van der Waals surface area contributed by atoms with E-state index < -0.39 is 10.0 Å². The van der Waals surface area contributed by atoms with E-state index in [2.05, 4.69) is 35.9 Å². The van der Waals surface area contributed by atoms with Crippen LogP contribution >= 0.6 is 15.9 Å². The molecule has 0 aromatic heterocycles. The summed E-state index contributed by atoms with van der Waals surface area (Å²) in [5.41, 5.74) is 1.25. The number of nitrogens with zero attached hydrogens (tertiary/aromatic N) is 1. The van der Waals surface area contributed by atoms with Gasteiger partial charge in [-0.05, 0) is 25.5 Å². The van der Waals surface area contributed by atoms with Gasteiger partial charge in [0, 0.05) is 22.8 Å². The Labute approximate surface area is 128 Å². The third-order valence-corrected chi connectivity index (χ3v) is 7.37. The monoisotopic (exact) mass is 355 g/mol. The summed E-state index contributed by atoms with van der Waals surface area (Å²) < 4.78 is 27.4. The second-order valence-corrected chi connectivity index (χ2v) is 8.94. The maximum atomic E-state index is 12.9. The molecule has 108 valence electrons. The van der Waals surface area contributed by atoms with Gasteiger partial charge < -0.3 is 0 Å². The predicted octanol–water partition coefficient (Wildman–Crippen LogP) is 3.18. The fraction of sp³-hybridized carbons (Fsp3) is 0.467. The summed E-state index contributed by atoms with van der Waals surface area (Å²) in [6.07, 6.45) is 3.05. The van der Waals surface area contributed by atoms with Crippen LogP contribution in [0.15, 0.2) is 46.9 Å². The van der Waals surface area contributed by atoms with Crippen molar-refractivity contribution in [2.24, 2.45) is 5.41 Å². The second kappa shape index (κ2) is 4.68. The molecule has 3 nitrogen and oxygen atoms in total. The average molecular weight is 356 g/mol. The standard InChI is InChI=1S/C15H18BrNO2S/c1-11-8-13(16)14-9-15(11,2)10-17(14)20(18,19)12-6-4-3-5-7-12/h3-8,13-14H,9-10H2,1-2H3/t13-,14?,15?/m1/s1. The first-order valence-electron chi connectivity index (χ1n) is 6.74. The lowest BCUT2D eigenvalue weighted by molar-refractivity contribution is 0.391. The number of hydrogen-bond acceptors (Lipinski definition) is 2. The van der Waals surface area contributed by atoms with Crippen LogP contribution in [0.5, 0.6) is 0 Å². The van der Waals surface area contributed by atoms with Gasteiger partial charge in [0.05, 0.1) is 4.90 Å². The minimum absolute atomic E-state index is 0.00825. The van der Waals surface area contributed by atoms with Gasteiger partial charge in [-0.2, -0.15) is 4.31 Å². The van der Waals surface area contributed by atoms with Gasteiger partial charge >= 0.3 is 0 Å². The van der Waals surface area contributed by atoms with Crippen LogP contribution in [0.3, 0.4) is 0 Å². The summed E-state index contributed by atoms with van der Waals surface area (Å²) in [6, 6.07) is 8.72. The molecular formula is C15H18BrNO2S. The van der Waals surface area contributed by atoms with Crippen LogP contribution in [0, 0.1) is 5.41 Å². The Kier molecular flexibility index (Phi) is 3.35. The molecule has 1 aromatic carbocycles. The van der Waals surface area contributed by atoms with Crippen LogP contribution in [0.4, 0.5) is 0 Å². The van der Waals surface area contributed by atoms with E-state index >= 15 is 0 Å². The van der Waals surface area contributed by atoms with Gasteiger partial charge in [-0.1, -0.05) is 52.7 Å². The number of benzene rings is 1. The van der Waals surface area contributed by atoms with Crippen LogP contribution in [0.25, 0.3) is 0 Å². The van der Waals surface area contributed by atoms with Crippen molar-refractivity contribution in [1.82, 2.24) is 4.31 Å². The Morgan fingerprint density at radius 2 is 1.95 bits per heavy atom. The molecule has 0 radical (unpaired) electrons. The molecule has 1 fully saturated rings. The maximum absolute atomic E-state index is 12.9. The van der Waals surface area contributed by atoms with E-state index in [-0.39, 0.29) is 16.3 Å². The minimum Gasteiger partial charge on any atom is -0.207 e. The molecule has 0 spiro atoms.